The van der Waals surface area contributed by atoms with Crippen molar-refractivity contribution < 1.29 is 9.84 Å². The third kappa shape index (κ3) is 4.72. The van der Waals surface area contributed by atoms with Gasteiger partial charge in [0.15, 0.2) is 0 Å². The molecule has 102 valence electrons. The Morgan fingerprint density at radius 3 is 2.84 bits per heavy atom. The molecule has 2 rings (SSSR count). The minimum absolute atomic E-state index is 0.0763. The van der Waals surface area contributed by atoms with Crippen molar-refractivity contribution in [2.75, 3.05) is 26.4 Å². The van der Waals surface area contributed by atoms with Crippen LogP contribution >= 0.6 is 11.3 Å². The minimum Gasteiger partial charge on any atom is -0.394 e. The maximum Gasteiger partial charge on any atom is 0.107 e. The molecule has 0 aliphatic carbocycles. The Labute approximate surface area is 117 Å². The van der Waals surface area contributed by atoms with E-state index in [1.807, 2.05) is 24.4 Å². The van der Waals surface area contributed by atoms with E-state index in [1.165, 1.54) is 10.4 Å². The van der Waals surface area contributed by atoms with Crippen molar-refractivity contribution in [2.24, 2.45) is 0 Å². The van der Waals surface area contributed by atoms with Crippen LogP contribution in [0.25, 0.3) is 10.4 Å². The van der Waals surface area contributed by atoms with Gasteiger partial charge in [0.05, 0.1) is 24.7 Å². The zero-order chi connectivity index (χ0) is 13.3. The number of aromatic nitrogens is 1. The summed E-state index contributed by atoms with van der Waals surface area (Å²) in [6.45, 7) is 2.60. The number of thiazole rings is 1. The molecule has 19 heavy (non-hydrogen) atoms. The van der Waals surface area contributed by atoms with Crippen molar-refractivity contribution >= 4 is 11.3 Å². The van der Waals surface area contributed by atoms with Crippen molar-refractivity contribution in [2.45, 2.75) is 6.54 Å². The Balaban J connectivity index is 1.75. The molecule has 1 heterocycles. The highest BCUT2D eigenvalue weighted by Gasteiger charge is 2.03. The van der Waals surface area contributed by atoms with Crippen molar-refractivity contribution in [1.29, 1.82) is 0 Å². The summed E-state index contributed by atoms with van der Waals surface area (Å²) >= 11 is 1.70. The first kappa shape index (κ1) is 14.1. The number of aliphatic hydroxyl groups excluding tert-OH is 1. The van der Waals surface area contributed by atoms with E-state index in [1.54, 1.807) is 11.3 Å². The quantitative estimate of drug-likeness (QED) is 0.724. The van der Waals surface area contributed by atoms with Crippen LogP contribution in [0.2, 0.25) is 0 Å². The highest BCUT2D eigenvalue weighted by atomic mass is 32.1. The summed E-state index contributed by atoms with van der Waals surface area (Å²) < 4.78 is 5.17. The number of hydrogen-bond acceptors (Lipinski definition) is 5. The van der Waals surface area contributed by atoms with Gasteiger partial charge in [0.2, 0.25) is 0 Å². The molecule has 0 spiro atoms. The van der Waals surface area contributed by atoms with E-state index >= 15 is 0 Å². The molecule has 5 heteroatoms. The Morgan fingerprint density at radius 1 is 1.21 bits per heavy atom. The molecule has 2 N–H and O–H groups in total. The number of nitrogens with zero attached hydrogens (tertiary/aromatic N) is 1. The molecule has 0 bridgehead atoms. The molecular formula is C14H18N2O2S. The van der Waals surface area contributed by atoms with Gasteiger partial charge in [-0.1, -0.05) is 30.3 Å². The molecule has 0 aliphatic heterocycles. The average molecular weight is 278 g/mol. The number of benzene rings is 1. The summed E-state index contributed by atoms with van der Waals surface area (Å²) in [4.78, 5) is 5.59. The Hall–Kier alpha value is -1.27. The molecule has 4 nitrogen and oxygen atoms in total. The van der Waals surface area contributed by atoms with Crippen molar-refractivity contribution in [3.8, 4) is 10.4 Å². The van der Waals surface area contributed by atoms with E-state index < -0.39 is 0 Å². The van der Waals surface area contributed by atoms with Crippen molar-refractivity contribution in [1.82, 2.24) is 10.3 Å². The standard InChI is InChI=1S/C14H18N2O2S/c17-7-9-18-8-6-15-11-14-16-10-13(19-14)12-4-2-1-3-5-12/h1-5,10,15,17H,6-9,11H2. The number of rotatable bonds is 8. The van der Waals surface area contributed by atoms with Crippen LogP contribution in [-0.2, 0) is 11.3 Å². The molecule has 0 atom stereocenters. The zero-order valence-corrected chi connectivity index (χ0v) is 11.5. The second kappa shape index (κ2) is 8.01. The fourth-order valence-electron chi connectivity index (χ4n) is 1.63. The summed E-state index contributed by atoms with van der Waals surface area (Å²) in [7, 11) is 0. The summed E-state index contributed by atoms with van der Waals surface area (Å²) in [5.74, 6) is 0. The lowest BCUT2D eigenvalue weighted by molar-refractivity contribution is 0.0938. The lowest BCUT2D eigenvalue weighted by Gasteiger charge is -2.02. The average Bonchev–Trinajstić information content (AvgIpc) is 2.92. The van der Waals surface area contributed by atoms with E-state index in [-0.39, 0.29) is 6.61 Å². The Bertz CT molecular complexity index is 473. The molecule has 0 fully saturated rings. The maximum absolute atomic E-state index is 8.56. The minimum atomic E-state index is 0.0763. The topological polar surface area (TPSA) is 54.4 Å². The summed E-state index contributed by atoms with van der Waals surface area (Å²) in [6, 6.07) is 10.3. The van der Waals surface area contributed by atoms with Gasteiger partial charge in [-0.2, -0.15) is 0 Å². The number of nitrogens with one attached hydrogen (secondary N) is 1. The van der Waals surface area contributed by atoms with Gasteiger partial charge >= 0.3 is 0 Å². The van der Waals surface area contributed by atoms with Crippen LogP contribution in [0, 0.1) is 0 Å². The van der Waals surface area contributed by atoms with Gasteiger partial charge in [-0.25, -0.2) is 4.98 Å². The second-order valence-corrected chi connectivity index (χ2v) is 5.11. The molecule has 0 saturated heterocycles. The van der Waals surface area contributed by atoms with Gasteiger partial charge in [-0.15, -0.1) is 11.3 Å². The van der Waals surface area contributed by atoms with E-state index in [2.05, 4.69) is 22.4 Å². The molecule has 0 amide bonds. The third-order valence-electron chi connectivity index (χ3n) is 2.55. The zero-order valence-electron chi connectivity index (χ0n) is 10.7. The highest BCUT2D eigenvalue weighted by molar-refractivity contribution is 7.15. The van der Waals surface area contributed by atoms with Crippen LogP contribution in [0.3, 0.4) is 0 Å². The Morgan fingerprint density at radius 2 is 2.05 bits per heavy atom. The SMILES string of the molecule is OCCOCCNCc1ncc(-c2ccccc2)s1. The van der Waals surface area contributed by atoms with Crippen LogP contribution < -0.4 is 5.32 Å². The van der Waals surface area contributed by atoms with Crippen LogP contribution in [0.4, 0.5) is 0 Å². The predicted octanol–water partition coefficient (Wildman–Crippen LogP) is 1.91. The molecule has 0 radical (unpaired) electrons. The van der Waals surface area contributed by atoms with Gasteiger partial charge in [0.25, 0.3) is 0 Å². The largest absolute Gasteiger partial charge is 0.394 e. The van der Waals surface area contributed by atoms with Gasteiger partial charge in [-0.05, 0) is 5.56 Å². The maximum atomic E-state index is 8.56. The molecule has 1 aromatic heterocycles. The highest BCUT2D eigenvalue weighted by Crippen LogP contribution is 2.25. The normalized spacial score (nSPS) is 10.8. The van der Waals surface area contributed by atoms with E-state index in [9.17, 15) is 0 Å². The molecular weight excluding hydrogens is 260 g/mol. The Kier molecular flexibility index (Phi) is 5.97. The van der Waals surface area contributed by atoms with Crippen LogP contribution in [0.15, 0.2) is 36.5 Å². The van der Waals surface area contributed by atoms with E-state index in [0.29, 0.717) is 13.2 Å². The molecule has 0 aliphatic rings. The summed E-state index contributed by atoms with van der Waals surface area (Å²) in [6.07, 6.45) is 1.92. The van der Waals surface area contributed by atoms with Crippen molar-refractivity contribution in [3.05, 3.63) is 41.5 Å². The van der Waals surface area contributed by atoms with Crippen molar-refractivity contribution in [3.63, 3.8) is 0 Å². The number of hydrogen-bond donors (Lipinski definition) is 2. The fraction of sp³-hybridized carbons (Fsp3) is 0.357. The third-order valence-corrected chi connectivity index (χ3v) is 3.59. The first-order valence-corrected chi connectivity index (χ1v) is 7.11. The van der Waals surface area contributed by atoms with Gasteiger partial charge in [0, 0.05) is 19.3 Å². The number of ether oxygens (including phenoxy) is 1. The first-order valence-electron chi connectivity index (χ1n) is 6.29. The van der Waals surface area contributed by atoms with Gasteiger partial charge < -0.3 is 15.2 Å². The predicted molar refractivity (Wildman–Crippen MR) is 77.2 cm³/mol. The van der Waals surface area contributed by atoms with E-state index in [4.69, 9.17) is 9.84 Å². The molecule has 0 saturated carbocycles. The summed E-state index contributed by atoms with van der Waals surface area (Å²) in [5, 5.41) is 12.9. The van der Waals surface area contributed by atoms with Crippen LogP contribution in [-0.4, -0.2) is 36.5 Å². The molecule has 0 unspecified atom stereocenters. The van der Waals surface area contributed by atoms with Gasteiger partial charge in [0.1, 0.15) is 5.01 Å². The molecule has 2 aromatic rings. The van der Waals surface area contributed by atoms with Crippen LogP contribution in [0.5, 0.6) is 0 Å². The number of aliphatic hydroxyl groups is 1. The smallest absolute Gasteiger partial charge is 0.107 e. The lowest BCUT2D eigenvalue weighted by atomic mass is 10.2. The van der Waals surface area contributed by atoms with Gasteiger partial charge in [-0.3, -0.25) is 0 Å². The lowest BCUT2D eigenvalue weighted by Crippen LogP contribution is -2.19. The second-order valence-electron chi connectivity index (χ2n) is 4.00. The first-order chi connectivity index (χ1) is 9.40. The fourth-order valence-corrected chi connectivity index (χ4v) is 2.53. The van der Waals surface area contributed by atoms with E-state index in [0.717, 1.165) is 18.1 Å². The molecule has 1 aromatic carbocycles. The monoisotopic (exact) mass is 278 g/mol. The van der Waals surface area contributed by atoms with Crippen LogP contribution in [0.1, 0.15) is 5.01 Å². The summed E-state index contributed by atoms with van der Waals surface area (Å²) in [5.41, 5.74) is 1.21.